The third kappa shape index (κ3) is 3.86. The molecule has 16 heavy (non-hydrogen) atoms. The van der Waals surface area contributed by atoms with Crippen molar-refractivity contribution in [2.24, 2.45) is 0 Å². The second-order valence-electron chi connectivity index (χ2n) is 4.24. The van der Waals surface area contributed by atoms with E-state index in [4.69, 9.17) is 4.74 Å². The Balaban J connectivity index is 2.62. The number of aliphatic hydroxyl groups is 1. The summed E-state index contributed by atoms with van der Waals surface area (Å²) in [6.07, 6.45) is 2.14. The highest BCUT2D eigenvalue weighted by Crippen LogP contribution is 2.18. The van der Waals surface area contributed by atoms with Gasteiger partial charge >= 0.3 is 0 Å². The maximum atomic E-state index is 9.91. The predicted molar refractivity (Wildman–Crippen MR) is 66.8 cm³/mol. The number of aliphatic hydroxyl groups excluding tert-OH is 1. The summed E-state index contributed by atoms with van der Waals surface area (Å²) in [4.78, 5) is 0. The summed E-state index contributed by atoms with van der Waals surface area (Å²) in [5.74, 6) is 0.849. The number of rotatable bonds is 6. The molecule has 2 nitrogen and oxygen atoms in total. The molecule has 2 unspecified atom stereocenters. The Kier molecular flexibility index (Phi) is 5.33. The van der Waals surface area contributed by atoms with Crippen molar-refractivity contribution in [1.82, 2.24) is 0 Å². The molecule has 0 aromatic heterocycles. The molecule has 2 atom stereocenters. The standard InChI is InChI=1S/C14H22O2/c1-4-7-13(15)14(5-2)16-12-9-6-8-11(3)10-12/h6,8-10,13-15H,4-5,7H2,1-3H3. The van der Waals surface area contributed by atoms with Gasteiger partial charge in [0.25, 0.3) is 0 Å². The van der Waals surface area contributed by atoms with E-state index in [0.717, 1.165) is 25.0 Å². The average molecular weight is 222 g/mol. The molecule has 1 rings (SSSR count). The molecule has 0 aliphatic rings. The van der Waals surface area contributed by atoms with Crippen molar-refractivity contribution in [3.05, 3.63) is 29.8 Å². The Morgan fingerprint density at radius 3 is 2.62 bits per heavy atom. The lowest BCUT2D eigenvalue weighted by Gasteiger charge is -2.22. The molecule has 1 aromatic carbocycles. The minimum atomic E-state index is -0.365. The Bertz CT molecular complexity index is 309. The molecule has 0 heterocycles. The zero-order valence-corrected chi connectivity index (χ0v) is 10.4. The van der Waals surface area contributed by atoms with Crippen LogP contribution in [-0.2, 0) is 0 Å². The van der Waals surface area contributed by atoms with Gasteiger partial charge < -0.3 is 9.84 Å². The predicted octanol–water partition coefficient (Wildman–Crippen LogP) is 3.31. The van der Waals surface area contributed by atoms with E-state index in [0.29, 0.717) is 0 Å². The van der Waals surface area contributed by atoms with Crippen molar-refractivity contribution in [2.75, 3.05) is 0 Å². The van der Waals surface area contributed by atoms with E-state index in [1.807, 2.05) is 38.1 Å². The van der Waals surface area contributed by atoms with Gasteiger partial charge in [-0.05, 0) is 37.5 Å². The minimum Gasteiger partial charge on any atom is -0.488 e. The molecule has 0 fully saturated rings. The van der Waals surface area contributed by atoms with Gasteiger partial charge in [-0.3, -0.25) is 0 Å². The van der Waals surface area contributed by atoms with Crippen LogP contribution in [0, 0.1) is 6.92 Å². The van der Waals surface area contributed by atoms with Crippen LogP contribution in [0.4, 0.5) is 0 Å². The summed E-state index contributed by atoms with van der Waals surface area (Å²) < 4.78 is 5.81. The molecule has 2 heteroatoms. The summed E-state index contributed by atoms with van der Waals surface area (Å²) in [5, 5.41) is 9.91. The van der Waals surface area contributed by atoms with Crippen molar-refractivity contribution in [3.8, 4) is 5.75 Å². The Labute approximate surface area is 98.3 Å². The molecule has 0 aliphatic heterocycles. The number of benzene rings is 1. The molecule has 1 aromatic rings. The first kappa shape index (κ1) is 13.0. The van der Waals surface area contributed by atoms with Crippen LogP contribution in [0.5, 0.6) is 5.75 Å². The van der Waals surface area contributed by atoms with Gasteiger partial charge in [-0.1, -0.05) is 32.4 Å². The lowest BCUT2D eigenvalue weighted by Crippen LogP contribution is -2.30. The quantitative estimate of drug-likeness (QED) is 0.800. The molecule has 0 spiro atoms. The molecule has 0 radical (unpaired) electrons. The molecule has 0 bridgehead atoms. The summed E-state index contributed by atoms with van der Waals surface area (Å²) in [6, 6.07) is 7.95. The van der Waals surface area contributed by atoms with Gasteiger partial charge in [0.1, 0.15) is 11.9 Å². The van der Waals surface area contributed by atoms with Gasteiger partial charge in [0, 0.05) is 0 Å². The first-order valence-electron chi connectivity index (χ1n) is 6.08. The molecule has 0 aliphatic carbocycles. The fraction of sp³-hybridized carbons (Fsp3) is 0.571. The largest absolute Gasteiger partial charge is 0.488 e. The van der Waals surface area contributed by atoms with Gasteiger partial charge in [-0.2, -0.15) is 0 Å². The zero-order valence-electron chi connectivity index (χ0n) is 10.4. The van der Waals surface area contributed by atoms with E-state index in [2.05, 4.69) is 6.92 Å². The van der Waals surface area contributed by atoms with E-state index in [1.54, 1.807) is 0 Å². The first-order valence-corrected chi connectivity index (χ1v) is 6.08. The van der Waals surface area contributed by atoms with Crippen molar-refractivity contribution >= 4 is 0 Å². The summed E-state index contributed by atoms with van der Waals surface area (Å²) in [6.45, 7) is 6.15. The summed E-state index contributed by atoms with van der Waals surface area (Å²) in [5.41, 5.74) is 1.18. The van der Waals surface area contributed by atoms with Crippen molar-refractivity contribution in [1.29, 1.82) is 0 Å². The fourth-order valence-electron chi connectivity index (χ4n) is 1.78. The smallest absolute Gasteiger partial charge is 0.124 e. The molecule has 0 amide bonds. The number of hydrogen-bond acceptors (Lipinski definition) is 2. The summed E-state index contributed by atoms with van der Waals surface area (Å²) >= 11 is 0. The highest BCUT2D eigenvalue weighted by atomic mass is 16.5. The molecule has 0 saturated carbocycles. The van der Waals surface area contributed by atoms with Gasteiger partial charge in [0.05, 0.1) is 6.10 Å². The van der Waals surface area contributed by atoms with Gasteiger partial charge in [0.2, 0.25) is 0 Å². The molecular formula is C14H22O2. The second-order valence-corrected chi connectivity index (χ2v) is 4.24. The Morgan fingerprint density at radius 1 is 1.31 bits per heavy atom. The number of aryl methyl sites for hydroxylation is 1. The lowest BCUT2D eigenvalue weighted by atomic mass is 10.1. The van der Waals surface area contributed by atoms with Crippen LogP contribution in [0.25, 0.3) is 0 Å². The van der Waals surface area contributed by atoms with Crippen LogP contribution in [-0.4, -0.2) is 17.3 Å². The maximum Gasteiger partial charge on any atom is 0.124 e. The van der Waals surface area contributed by atoms with Crippen LogP contribution in [0.1, 0.15) is 38.7 Å². The van der Waals surface area contributed by atoms with E-state index < -0.39 is 0 Å². The van der Waals surface area contributed by atoms with Crippen LogP contribution in [0.15, 0.2) is 24.3 Å². The Hall–Kier alpha value is -1.02. The highest BCUT2D eigenvalue weighted by molar-refractivity contribution is 5.27. The van der Waals surface area contributed by atoms with E-state index in [-0.39, 0.29) is 12.2 Å². The van der Waals surface area contributed by atoms with Gasteiger partial charge in [0.15, 0.2) is 0 Å². The van der Waals surface area contributed by atoms with E-state index >= 15 is 0 Å². The fourth-order valence-corrected chi connectivity index (χ4v) is 1.78. The number of hydrogen-bond donors (Lipinski definition) is 1. The van der Waals surface area contributed by atoms with E-state index in [1.165, 1.54) is 5.56 Å². The van der Waals surface area contributed by atoms with Crippen molar-refractivity contribution < 1.29 is 9.84 Å². The molecular weight excluding hydrogens is 200 g/mol. The lowest BCUT2D eigenvalue weighted by molar-refractivity contribution is 0.0284. The van der Waals surface area contributed by atoms with Gasteiger partial charge in [-0.15, -0.1) is 0 Å². The normalized spacial score (nSPS) is 14.5. The SMILES string of the molecule is CCCC(O)C(CC)Oc1cccc(C)c1. The number of ether oxygens (including phenoxy) is 1. The topological polar surface area (TPSA) is 29.5 Å². The van der Waals surface area contributed by atoms with Crippen LogP contribution in [0.2, 0.25) is 0 Å². The van der Waals surface area contributed by atoms with Gasteiger partial charge in [-0.25, -0.2) is 0 Å². The molecule has 0 saturated heterocycles. The highest BCUT2D eigenvalue weighted by Gasteiger charge is 2.18. The maximum absolute atomic E-state index is 9.91. The first-order chi connectivity index (χ1) is 7.67. The zero-order chi connectivity index (χ0) is 12.0. The Morgan fingerprint density at radius 2 is 2.06 bits per heavy atom. The second kappa shape index (κ2) is 6.54. The van der Waals surface area contributed by atoms with Crippen LogP contribution in [0.3, 0.4) is 0 Å². The monoisotopic (exact) mass is 222 g/mol. The van der Waals surface area contributed by atoms with Crippen molar-refractivity contribution in [3.63, 3.8) is 0 Å². The van der Waals surface area contributed by atoms with E-state index in [9.17, 15) is 5.11 Å². The van der Waals surface area contributed by atoms with Crippen molar-refractivity contribution in [2.45, 2.75) is 52.2 Å². The van der Waals surface area contributed by atoms with Crippen LogP contribution >= 0.6 is 0 Å². The third-order valence-corrected chi connectivity index (χ3v) is 2.69. The van der Waals surface area contributed by atoms with Crippen LogP contribution < -0.4 is 4.74 Å². The molecule has 90 valence electrons. The average Bonchev–Trinajstić information content (AvgIpc) is 2.26. The summed E-state index contributed by atoms with van der Waals surface area (Å²) in [7, 11) is 0. The third-order valence-electron chi connectivity index (χ3n) is 2.69. The molecule has 1 N–H and O–H groups in total. The minimum absolute atomic E-state index is 0.0956.